The van der Waals surface area contributed by atoms with Gasteiger partial charge in [0.05, 0.1) is 0 Å². The summed E-state index contributed by atoms with van der Waals surface area (Å²) in [6.45, 7) is 3.96. The van der Waals surface area contributed by atoms with Crippen molar-refractivity contribution in [3.63, 3.8) is 0 Å². The third-order valence-corrected chi connectivity index (χ3v) is 3.65. The molecule has 0 bridgehead atoms. The highest BCUT2D eigenvalue weighted by Crippen LogP contribution is 2.21. The van der Waals surface area contributed by atoms with Gasteiger partial charge >= 0.3 is 0 Å². The molecule has 1 aliphatic heterocycles. The van der Waals surface area contributed by atoms with E-state index in [-0.39, 0.29) is 18.3 Å². The Kier molecular flexibility index (Phi) is 5.20. The molecule has 0 spiro atoms. The van der Waals surface area contributed by atoms with Crippen LogP contribution in [-0.2, 0) is 11.2 Å². The third-order valence-electron chi connectivity index (χ3n) is 3.65. The van der Waals surface area contributed by atoms with Gasteiger partial charge < -0.3 is 15.1 Å². The number of carbonyl (C=O) groups is 1. The van der Waals surface area contributed by atoms with E-state index in [1.165, 1.54) is 0 Å². The van der Waals surface area contributed by atoms with Crippen LogP contribution in [0.3, 0.4) is 0 Å². The van der Waals surface area contributed by atoms with E-state index in [1.54, 1.807) is 0 Å². The number of anilines is 1. The average molecular weight is 310 g/mol. The number of aryl methyl sites for hydroxylation is 1. The van der Waals surface area contributed by atoms with Crippen molar-refractivity contribution in [1.82, 2.24) is 10.3 Å². The zero-order valence-corrected chi connectivity index (χ0v) is 12.8. The van der Waals surface area contributed by atoms with Crippen molar-refractivity contribution in [2.24, 2.45) is 5.92 Å². The molecule has 1 saturated heterocycles. The van der Waals surface area contributed by atoms with Gasteiger partial charge in [0.25, 0.3) is 0 Å². The van der Waals surface area contributed by atoms with Crippen LogP contribution in [-0.4, -0.2) is 24.0 Å². The van der Waals surface area contributed by atoms with Crippen LogP contribution >= 0.6 is 12.4 Å². The molecule has 1 aliphatic rings. The van der Waals surface area contributed by atoms with Gasteiger partial charge in [0.2, 0.25) is 5.91 Å². The number of halogens is 1. The Labute approximate surface area is 129 Å². The van der Waals surface area contributed by atoms with E-state index >= 15 is 0 Å². The highest BCUT2D eigenvalue weighted by molar-refractivity contribution is 5.92. The van der Waals surface area contributed by atoms with Crippen LogP contribution < -0.4 is 10.6 Å². The van der Waals surface area contributed by atoms with Gasteiger partial charge in [-0.2, -0.15) is 0 Å². The first-order chi connectivity index (χ1) is 9.74. The molecule has 5 nitrogen and oxygen atoms in total. The van der Waals surface area contributed by atoms with Crippen molar-refractivity contribution in [3.05, 3.63) is 24.1 Å². The van der Waals surface area contributed by atoms with Crippen molar-refractivity contribution in [2.75, 3.05) is 18.4 Å². The van der Waals surface area contributed by atoms with Gasteiger partial charge in [-0.15, -0.1) is 12.4 Å². The lowest BCUT2D eigenvalue weighted by Crippen LogP contribution is -2.18. The summed E-state index contributed by atoms with van der Waals surface area (Å²) in [6, 6.07) is 5.58. The fraction of sp³-hybridized carbons (Fsp3) is 0.467. The molecule has 0 aliphatic carbocycles. The van der Waals surface area contributed by atoms with Gasteiger partial charge in [0.15, 0.2) is 11.5 Å². The SMILES string of the molecule is CCc1nc2cc(NC(=O)CC3CCNC3)ccc2o1.Cl. The summed E-state index contributed by atoms with van der Waals surface area (Å²) in [6.07, 6.45) is 2.42. The molecule has 1 unspecified atom stereocenters. The molecule has 2 N–H and O–H groups in total. The minimum absolute atomic E-state index is 0. The number of aromatic nitrogens is 1. The van der Waals surface area contributed by atoms with Crippen LogP contribution in [0.2, 0.25) is 0 Å². The average Bonchev–Trinajstić information content (AvgIpc) is 3.06. The molecular weight excluding hydrogens is 290 g/mol. The van der Waals surface area contributed by atoms with Gasteiger partial charge in [0.1, 0.15) is 5.52 Å². The van der Waals surface area contributed by atoms with Gasteiger partial charge in [-0.25, -0.2) is 4.98 Å². The number of nitrogens with one attached hydrogen (secondary N) is 2. The van der Waals surface area contributed by atoms with Crippen LogP contribution in [0, 0.1) is 5.92 Å². The summed E-state index contributed by atoms with van der Waals surface area (Å²) in [5, 5.41) is 6.21. The molecule has 1 aromatic heterocycles. The number of amides is 1. The molecule has 2 heterocycles. The topological polar surface area (TPSA) is 67.2 Å². The van der Waals surface area contributed by atoms with E-state index in [0.29, 0.717) is 12.3 Å². The maximum absolute atomic E-state index is 12.0. The van der Waals surface area contributed by atoms with E-state index in [1.807, 2.05) is 25.1 Å². The van der Waals surface area contributed by atoms with Crippen molar-refractivity contribution in [1.29, 1.82) is 0 Å². The predicted octanol–water partition coefficient (Wildman–Crippen LogP) is 2.75. The number of carbonyl (C=O) groups excluding carboxylic acids is 1. The van der Waals surface area contributed by atoms with Crippen molar-refractivity contribution >= 4 is 35.1 Å². The Morgan fingerprint density at radius 3 is 3.10 bits per heavy atom. The second kappa shape index (κ2) is 6.91. The number of nitrogens with zero attached hydrogens (tertiary/aromatic N) is 1. The maximum Gasteiger partial charge on any atom is 0.224 e. The number of oxazole rings is 1. The first-order valence-corrected chi connectivity index (χ1v) is 7.14. The lowest BCUT2D eigenvalue weighted by molar-refractivity contribution is -0.116. The molecule has 3 rings (SSSR count). The Morgan fingerprint density at radius 2 is 2.38 bits per heavy atom. The predicted molar refractivity (Wildman–Crippen MR) is 84.9 cm³/mol. The summed E-state index contributed by atoms with van der Waals surface area (Å²) >= 11 is 0. The molecule has 1 aromatic carbocycles. The van der Waals surface area contributed by atoms with Crippen LogP contribution in [0.25, 0.3) is 11.1 Å². The van der Waals surface area contributed by atoms with E-state index in [9.17, 15) is 4.79 Å². The normalized spacial score (nSPS) is 17.7. The van der Waals surface area contributed by atoms with E-state index in [4.69, 9.17) is 4.42 Å². The highest BCUT2D eigenvalue weighted by Gasteiger charge is 2.18. The van der Waals surface area contributed by atoms with Crippen LogP contribution in [0.1, 0.15) is 25.7 Å². The third kappa shape index (κ3) is 3.74. The largest absolute Gasteiger partial charge is 0.441 e. The Hall–Kier alpha value is -1.59. The zero-order chi connectivity index (χ0) is 13.9. The maximum atomic E-state index is 12.0. The summed E-state index contributed by atoms with van der Waals surface area (Å²) < 4.78 is 5.55. The number of rotatable bonds is 4. The van der Waals surface area contributed by atoms with E-state index in [0.717, 1.165) is 48.6 Å². The molecule has 114 valence electrons. The molecule has 1 atom stereocenters. The van der Waals surface area contributed by atoms with E-state index in [2.05, 4.69) is 15.6 Å². The fourth-order valence-electron chi connectivity index (χ4n) is 2.57. The van der Waals surface area contributed by atoms with Crippen molar-refractivity contribution < 1.29 is 9.21 Å². The van der Waals surface area contributed by atoms with Crippen LogP contribution in [0.5, 0.6) is 0 Å². The van der Waals surface area contributed by atoms with Crippen LogP contribution in [0.15, 0.2) is 22.6 Å². The second-order valence-corrected chi connectivity index (χ2v) is 5.25. The lowest BCUT2D eigenvalue weighted by atomic mass is 10.0. The Balaban J connectivity index is 0.00000161. The fourth-order valence-corrected chi connectivity index (χ4v) is 2.57. The minimum atomic E-state index is 0. The van der Waals surface area contributed by atoms with Gasteiger partial charge in [0, 0.05) is 18.5 Å². The first-order valence-electron chi connectivity index (χ1n) is 7.14. The molecule has 1 fully saturated rings. The second-order valence-electron chi connectivity index (χ2n) is 5.25. The molecule has 1 amide bonds. The quantitative estimate of drug-likeness (QED) is 0.911. The highest BCUT2D eigenvalue weighted by atomic mass is 35.5. The molecular formula is C15H20ClN3O2. The first kappa shape index (κ1) is 15.8. The number of fused-ring (bicyclic) bond motifs is 1. The molecule has 21 heavy (non-hydrogen) atoms. The van der Waals surface area contributed by atoms with Gasteiger partial charge in [-0.3, -0.25) is 4.79 Å². The lowest BCUT2D eigenvalue weighted by Gasteiger charge is -2.08. The standard InChI is InChI=1S/C15H19N3O2.ClH/c1-2-15-18-12-8-11(3-4-13(12)20-15)17-14(19)7-10-5-6-16-9-10;/h3-4,8,10,16H,2,5-7,9H2,1H3,(H,17,19);1H. The number of hydrogen-bond donors (Lipinski definition) is 2. The zero-order valence-electron chi connectivity index (χ0n) is 12.0. The molecule has 0 radical (unpaired) electrons. The minimum Gasteiger partial charge on any atom is -0.441 e. The Morgan fingerprint density at radius 1 is 1.52 bits per heavy atom. The summed E-state index contributed by atoms with van der Waals surface area (Å²) in [7, 11) is 0. The summed E-state index contributed by atoms with van der Waals surface area (Å²) in [5.41, 5.74) is 2.34. The number of hydrogen-bond acceptors (Lipinski definition) is 4. The van der Waals surface area contributed by atoms with Gasteiger partial charge in [-0.1, -0.05) is 6.92 Å². The molecule has 0 saturated carbocycles. The molecule has 6 heteroatoms. The molecule has 2 aromatic rings. The Bertz CT molecular complexity index is 620. The van der Waals surface area contributed by atoms with Crippen molar-refractivity contribution in [2.45, 2.75) is 26.2 Å². The number of benzene rings is 1. The van der Waals surface area contributed by atoms with Crippen molar-refractivity contribution in [3.8, 4) is 0 Å². The van der Waals surface area contributed by atoms with E-state index < -0.39 is 0 Å². The van der Waals surface area contributed by atoms with Gasteiger partial charge in [-0.05, 0) is 43.6 Å². The summed E-state index contributed by atoms with van der Waals surface area (Å²) in [5.74, 6) is 1.25. The summed E-state index contributed by atoms with van der Waals surface area (Å²) in [4.78, 5) is 16.4. The van der Waals surface area contributed by atoms with Crippen LogP contribution in [0.4, 0.5) is 5.69 Å². The smallest absolute Gasteiger partial charge is 0.224 e. The monoisotopic (exact) mass is 309 g/mol.